The van der Waals surface area contributed by atoms with Gasteiger partial charge in [0.15, 0.2) is 10.9 Å². The Kier molecular flexibility index (Phi) is 3.02. The molecule has 1 aliphatic heterocycles. The van der Waals surface area contributed by atoms with Gasteiger partial charge in [-0.15, -0.1) is 0 Å². The molecular weight excluding hydrogens is 210 g/mol. The molecule has 0 radical (unpaired) electrons. The summed E-state index contributed by atoms with van der Waals surface area (Å²) in [5, 5.41) is 0.980. The van der Waals surface area contributed by atoms with Gasteiger partial charge in [-0.05, 0) is 7.05 Å². The molecule has 0 spiro atoms. The number of carbonyl (C=O) groups excluding carboxylic acids is 1. The lowest BCUT2D eigenvalue weighted by molar-refractivity contribution is 0.102. The van der Waals surface area contributed by atoms with Crippen LogP contribution in [0.5, 0.6) is 0 Å². The van der Waals surface area contributed by atoms with Crippen molar-refractivity contribution in [3.63, 3.8) is 0 Å². The fourth-order valence-corrected chi connectivity index (χ4v) is 2.43. The Morgan fingerprint density at radius 3 is 2.60 bits per heavy atom. The average Bonchev–Trinajstić information content (AvgIpc) is 2.68. The molecule has 1 aromatic rings. The first-order valence-electron chi connectivity index (χ1n) is 5.07. The van der Waals surface area contributed by atoms with Crippen molar-refractivity contribution in [1.29, 1.82) is 0 Å². The fraction of sp³-hybridized carbons (Fsp3) is 0.600. The van der Waals surface area contributed by atoms with Gasteiger partial charge in [0.2, 0.25) is 0 Å². The monoisotopic (exact) mass is 225 g/mol. The fourth-order valence-electron chi connectivity index (χ4n) is 1.57. The SMILES string of the molecule is CC(=O)c1cnc(N2CCN(C)CC2)s1. The third kappa shape index (κ3) is 2.35. The second-order valence-electron chi connectivity index (χ2n) is 3.85. The number of aromatic nitrogens is 1. The molecule has 15 heavy (non-hydrogen) atoms. The van der Waals surface area contributed by atoms with Crippen molar-refractivity contribution in [2.24, 2.45) is 0 Å². The topological polar surface area (TPSA) is 36.4 Å². The third-order valence-corrected chi connectivity index (χ3v) is 3.77. The number of hydrogen-bond acceptors (Lipinski definition) is 5. The van der Waals surface area contributed by atoms with Crippen molar-refractivity contribution in [2.45, 2.75) is 6.92 Å². The van der Waals surface area contributed by atoms with Crippen LogP contribution < -0.4 is 4.90 Å². The number of rotatable bonds is 2. The van der Waals surface area contributed by atoms with Crippen LogP contribution in [-0.2, 0) is 0 Å². The zero-order chi connectivity index (χ0) is 10.8. The van der Waals surface area contributed by atoms with Crippen molar-refractivity contribution in [3.05, 3.63) is 11.1 Å². The number of piperazine rings is 1. The molecule has 4 nitrogen and oxygen atoms in total. The van der Waals surface area contributed by atoms with Crippen molar-refractivity contribution in [1.82, 2.24) is 9.88 Å². The third-order valence-electron chi connectivity index (χ3n) is 2.61. The number of likely N-dealkylation sites (N-methyl/N-ethyl adjacent to an activating group) is 1. The quantitative estimate of drug-likeness (QED) is 0.706. The minimum atomic E-state index is 0.105. The summed E-state index contributed by atoms with van der Waals surface area (Å²) >= 11 is 1.50. The number of thiazole rings is 1. The van der Waals surface area contributed by atoms with Gasteiger partial charge in [-0.25, -0.2) is 4.98 Å². The lowest BCUT2D eigenvalue weighted by atomic mass is 10.3. The molecule has 1 aliphatic rings. The molecule has 2 rings (SSSR count). The molecule has 0 aliphatic carbocycles. The largest absolute Gasteiger partial charge is 0.346 e. The van der Waals surface area contributed by atoms with Crippen LogP contribution in [0.3, 0.4) is 0 Å². The summed E-state index contributed by atoms with van der Waals surface area (Å²) in [5.41, 5.74) is 0. The molecule has 0 unspecified atom stereocenters. The van der Waals surface area contributed by atoms with Gasteiger partial charge in [-0.3, -0.25) is 4.79 Å². The second-order valence-corrected chi connectivity index (χ2v) is 4.86. The van der Waals surface area contributed by atoms with E-state index in [0.717, 1.165) is 36.2 Å². The van der Waals surface area contributed by atoms with E-state index in [-0.39, 0.29) is 5.78 Å². The summed E-state index contributed by atoms with van der Waals surface area (Å²) in [6.07, 6.45) is 1.68. The molecule has 1 saturated heterocycles. The lowest BCUT2D eigenvalue weighted by Crippen LogP contribution is -2.44. The van der Waals surface area contributed by atoms with Crippen molar-refractivity contribution in [3.8, 4) is 0 Å². The highest BCUT2D eigenvalue weighted by atomic mass is 32.1. The molecule has 1 fully saturated rings. The van der Waals surface area contributed by atoms with Crippen molar-refractivity contribution < 1.29 is 4.79 Å². The van der Waals surface area contributed by atoms with Crippen molar-refractivity contribution >= 4 is 22.3 Å². The minimum Gasteiger partial charge on any atom is -0.346 e. The zero-order valence-corrected chi connectivity index (χ0v) is 9.88. The first kappa shape index (κ1) is 10.6. The minimum absolute atomic E-state index is 0.105. The van der Waals surface area contributed by atoms with E-state index < -0.39 is 0 Å². The van der Waals surface area contributed by atoms with Crippen molar-refractivity contribution in [2.75, 3.05) is 38.1 Å². The van der Waals surface area contributed by atoms with Gasteiger partial charge in [0.25, 0.3) is 0 Å². The number of nitrogens with zero attached hydrogens (tertiary/aromatic N) is 3. The van der Waals surface area contributed by atoms with E-state index in [1.54, 1.807) is 13.1 Å². The van der Waals surface area contributed by atoms with Crippen LogP contribution in [0.4, 0.5) is 5.13 Å². The molecule has 82 valence electrons. The highest BCUT2D eigenvalue weighted by Gasteiger charge is 2.17. The maximum absolute atomic E-state index is 11.1. The van der Waals surface area contributed by atoms with Crippen LogP contribution in [0.1, 0.15) is 16.6 Å². The van der Waals surface area contributed by atoms with Gasteiger partial charge in [-0.2, -0.15) is 0 Å². The molecule has 0 aromatic carbocycles. The van der Waals surface area contributed by atoms with Gasteiger partial charge in [0, 0.05) is 33.1 Å². The van der Waals surface area contributed by atoms with E-state index in [1.807, 2.05) is 0 Å². The van der Waals surface area contributed by atoms with Gasteiger partial charge in [-0.1, -0.05) is 11.3 Å². The van der Waals surface area contributed by atoms with Crippen LogP contribution in [0.2, 0.25) is 0 Å². The highest BCUT2D eigenvalue weighted by Crippen LogP contribution is 2.23. The zero-order valence-electron chi connectivity index (χ0n) is 9.06. The Labute approximate surface area is 93.5 Å². The van der Waals surface area contributed by atoms with Crippen LogP contribution in [0.15, 0.2) is 6.20 Å². The Balaban J connectivity index is 2.06. The van der Waals surface area contributed by atoms with Crippen LogP contribution in [-0.4, -0.2) is 48.9 Å². The van der Waals surface area contributed by atoms with Crippen LogP contribution in [0.25, 0.3) is 0 Å². The summed E-state index contributed by atoms with van der Waals surface area (Å²) in [6, 6.07) is 0. The van der Waals surface area contributed by atoms with Gasteiger partial charge >= 0.3 is 0 Å². The van der Waals surface area contributed by atoms with Gasteiger partial charge in [0.05, 0.1) is 11.1 Å². The average molecular weight is 225 g/mol. The molecule has 5 heteroatoms. The molecular formula is C10H15N3OS. The summed E-state index contributed by atoms with van der Waals surface area (Å²) in [7, 11) is 2.13. The van der Waals surface area contributed by atoms with Crippen LogP contribution >= 0.6 is 11.3 Å². The molecule has 0 amide bonds. The highest BCUT2D eigenvalue weighted by molar-refractivity contribution is 7.17. The number of carbonyl (C=O) groups is 1. The number of hydrogen-bond donors (Lipinski definition) is 0. The Hall–Kier alpha value is -0.940. The Bertz CT molecular complexity index is 355. The predicted molar refractivity (Wildman–Crippen MR) is 61.8 cm³/mol. The molecule has 1 aromatic heterocycles. The first-order chi connectivity index (χ1) is 7.16. The van der Waals surface area contributed by atoms with E-state index in [9.17, 15) is 4.79 Å². The first-order valence-corrected chi connectivity index (χ1v) is 5.89. The maximum atomic E-state index is 11.1. The summed E-state index contributed by atoms with van der Waals surface area (Å²) in [5.74, 6) is 0.105. The maximum Gasteiger partial charge on any atom is 0.186 e. The molecule has 0 N–H and O–H groups in total. The second kappa shape index (κ2) is 4.28. The standard InChI is InChI=1S/C10H15N3OS/c1-8(14)9-7-11-10(15-9)13-5-3-12(2)4-6-13/h7H,3-6H2,1-2H3. The smallest absolute Gasteiger partial charge is 0.186 e. The van der Waals surface area contributed by atoms with Gasteiger partial charge in [0.1, 0.15) is 0 Å². The molecule has 0 atom stereocenters. The van der Waals surface area contributed by atoms with E-state index in [4.69, 9.17) is 0 Å². The van der Waals surface area contributed by atoms with E-state index in [0.29, 0.717) is 0 Å². The summed E-state index contributed by atoms with van der Waals surface area (Å²) < 4.78 is 0. The lowest BCUT2D eigenvalue weighted by Gasteiger charge is -2.32. The summed E-state index contributed by atoms with van der Waals surface area (Å²) in [4.78, 5) is 20.7. The normalized spacial score (nSPS) is 18.1. The molecule has 0 saturated carbocycles. The predicted octanol–water partition coefficient (Wildman–Crippen LogP) is 1.10. The van der Waals surface area contributed by atoms with E-state index >= 15 is 0 Å². The summed E-state index contributed by atoms with van der Waals surface area (Å²) in [6.45, 7) is 5.72. The Morgan fingerprint density at radius 2 is 2.07 bits per heavy atom. The van der Waals surface area contributed by atoms with E-state index in [1.165, 1.54) is 11.3 Å². The Morgan fingerprint density at radius 1 is 1.40 bits per heavy atom. The van der Waals surface area contributed by atoms with Crippen LogP contribution in [0, 0.1) is 0 Å². The van der Waals surface area contributed by atoms with E-state index in [2.05, 4.69) is 21.8 Å². The number of ketones is 1. The number of anilines is 1. The molecule has 0 bridgehead atoms. The van der Waals surface area contributed by atoms with Gasteiger partial charge < -0.3 is 9.80 Å². The number of Topliss-reactive ketones (excluding diaryl/α,β-unsaturated/α-hetero) is 1. The molecule has 2 heterocycles.